The molecule has 1 unspecified atom stereocenters. The zero-order chi connectivity index (χ0) is 25.2. The molecule has 1 aliphatic carbocycles. The van der Waals surface area contributed by atoms with E-state index in [1.807, 2.05) is 30.3 Å². The Bertz CT molecular complexity index is 1390. The fourth-order valence-corrected chi connectivity index (χ4v) is 5.48. The quantitative estimate of drug-likeness (QED) is 0.436. The van der Waals surface area contributed by atoms with Gasteiger partial charge in [-0.2, -0.15) is 4.72 Å². The third kappa shape index (κ3) is 4.89. The molecule has 0 fully saturated rings. The van der Waals surface area contributed by atoms with Gasteiger partial charge in [-0.05, 0) is 35.3 Å². The number of carbonyl (C=O) groups excluding carboxylic acids is 1. The van der Waals surface area contributed by atoms with Crippen molar-refractivity contribution in [2.45, 2.75) is 31.2 Å². The van der Waals surface area contributed by atoms with Crippen LogP contribution in [0.4, 0.5) is 0 Å². The number of hydrogen-bond acceptors (Lipinski definition) is 6. The van der Waals surface area contributed by atoms with Crippen molar-refractivity contribution in [1.29, 1.82) is 0 Å². The number of oxazole rings is 1. The van der Waals surface area contributed by atoms with Crippen molar-refractivity contribution < 1.29 is 27.5 Å². The molecule has 4 rings (SSSR count). The number of benzene rings is 2. The van der Waals surface area contributed by atoms with Crippen molar-refractivity contribution >= 4 is 38.6 Å². The minimum absolute atomic E-state index is 0.139. The van der Waals surface area contributed by atoms with E-state index in [4.69, 9.17) is 4.42 Å². The topological polar surface area (TPSA) is 139 Å². The van der Waals surface area contributed by atoms with Gasteiger partial charge in [0.25, 0.3) is 5.89 Å². The summed E-state index contributed by atoms with van der Waals surface area (Å²) in [6, 6.07) is 14.7. The number of amides is 1. The average Bonchev–Trinajstić information content (AvgIpc) is 3.28. The maximum atomic E-state index is 13.6. The predicted molar refractivity (Wildman–Crippen MR) is 131 cm³/mol. The number of nitrogens with zero attached hydrogens (tertiary/aromatic N) is 1. The Balaban J connectivity index is 1.71. The van der Waals surface area contributed by atoms with Crippen LogP contribution in [0.15, 0.2) is 77.2 Å². The maximum absolute atomic E-state index is 13.6. The van der Waals surface area contributed by atoms with Gasteiger partial charge in [0.2, 0.25) is 10.0 Å². The summed E-state index contributed by atoms with van der Waals surface area (Å²) in [5, 5.41) is 12.1. The molecule has 35 heavy (non-hydrogen) atoms. The van der Waals surface area contributed by atoms with Crippen molar-refractivity contribution in [2.24, 2.45) is 5.92 Å². The third-order valence-electron chi connectivity index (χ3n) is 5.77. The summed E-state index contributed by atoms with van der Waals surface area (Å²) in [5.41, 5.74) is 2.47. The number of carboxylic acids is 1. The molecule has 1 aliphatic rings. The number of carboxylic acid groups (broad SMARTS) is 1. The number of fused-ring (bicyclic) bond motifs is 1. The van der Waals surface area contributed by atoms with E-state index in [0.717, 1.165) is 11.1 Å². The molecule has 10 heteroatoms. The Hall–Kier alpha value is -3.76. The smallest absolute Gasteiger partial charge is 0.321 e. The molecule has 182 valence electrons. The van der Waals surface area contributed by atoms with Crippen LogP contribution in [0.3, 0.4) is 0 Å². The number of allylic oxidation sites excluding steroid dienone is 2. The largest absolute Gasteiger partial charge is 0.480 e. The maximum Gasteiger partial charge on any atom is 0.321 e. The molecule has 1 amide bonds. The number of nitrogens with one attached hydrogen (secondary N) is 2. The van der Waals surface area contributed by atoms with Crippen molar-refractivity contribution in [2.75, 3.05) is 0 Å². The molecule has 9 nitrogen and oxygen atoms in total. The van der Waals surface area contributed by atoms with Crippen LogP contribution >= 0.6 is 0 Å². The van der Waals surface area contributed by atoms with E-state index in [1.165, 1.54) is 6.08 Å². The van der Waals surface area contributed by atoms with Gasteiger partial charge in [0.1, 0.15) is 11.6 Å². The van der Waals surface area contributed by atoms with Crippen LogP contribution < -0.4 is 10.0 Å². The van der Waals surface area contributed by atoms with Gasteiger partial charge < -0.3 is 14.8 Å². The van der Waals surface area contributed by atoms with Gasteiger partial charge in [-0.15, -0.1) is 0 Å². The fourth-order valence-electron chi connectivity index (χ4n) is 3.78. The highest BCUT2D eigenvalue weighted by molar-refractivity contribution is 7.91. The van der Waals surface area contributed by atoms with Crippen LogP contribution in [0.5, 0.6) is 0 Å². The summed E-state index contributed by atoms with van der Waals surface area (Å²) in [6.07, 6.45) is 4.50. The molecular weight excluding hydrogens is 470 g/mol. The highest BCUT2D eigenvalue weighted by Crippen LogP contribution is 2.31. The first-order chi connectivity index (χ1) is 16.6. The lowest BCUT2D eigenvalue weighted by Crippen LogP contribution is -2.60. The number of carbonyl (C=O) groups is 2. The summed E-state index contributed by atoms with van der Waals surface area (Å²) < 4.78 is 34.9. The summed E-state index contributed by atoms with van der Waals surface area (Å²) in [5.74, 6) is -2.99. The molecule has 1 heterocycles. The Labute approximate surface area is 202 Å². The zero-order valence-corrected chi connectivity index (χ0v) is 20.0. The standard InChI is InChI=1S/C25H25N3O6S/c1-16(2)21(24(30)31)28-35(32,33)25(14-12-18(13-15-25)17-8-4-3-5-9-17)27-22(29)23-26-19-10-6-7-11-20(19)34-23/h3-14,16,21,28H,15H2,1-2H3,(H,27,29)(H,30,31)/t21-,25?/m0/s1. The molecule has 3 aromatic rings. The molecule has 0 radical (unpaired) electrons. The van der Waals surface area contributed by atoms with Gasteiger partial charge in [-0.3, -0.25) is 9.59 Å². The van der Waals surface area contributed by atoms with Crippen molar-refractivity contribution in [3.63, 3.8) is 0 Å². The van der Waals surface area contributed by atoms with Crippen LogP contribution in [-0.4, -0.2) is 41.3 Å². The number of para-hydroxylation sites is 2. The highest BCUT2D eigenvalue weighted by atomic mass is 32.2. The first-order valence-electron chi connectivity index (χ1n) is 11.0. The SMILES string of the molecule is CC(C)[C@H](NS(=O)(=O)C1(NC(=O)c2nc3ccccc3o2)C=CC(c2ccccc2)=CC1)C(=O)O. The molecule has 0 spiro atoms. The number of aliphatic carboxylic acids is 1. The van der Waals surface area contributed by atoms with E-state index in [-0.39, 0.29) is 12.3 Å². The van der Waals surface area contributed by atoms with E-state index in [9.17, 15) is 23.1 Å². The Morgan fingerprint density at radius 1 is 1.09 bits per heavy atom. The molecule has 1 aromatic heterocycles. The first kappa shape index (κ1) is 24.4. The second-order valence-electron chi connectivity index (χ2n) is 8.57. The third-order valence-corrected chi connectivity index (χ3v) is 7.70. The molecule has 0 saturated carbocycles. The fraction of sp³-hybridized carbons (Fsp3) is 0.240. The molecule has 3 N–H and O–H groups in total. The molecule has 0 bridgehead atoms. The summed E-state index contributed by atoms with van der Waals surface area (Å²) in [6.45, 7) is 3.18. The number of hydrogen-bond donors (Lipinski definition) is 3. The van der Waals surface area contributed by atoms with E-state index in [1.54, 1.807) is 50.3 Å². The minimum Gasteiger partial charge on any atom is -0.480 e. The van der Waals surface area contributed by atoms with E-state index >= 15 is 0 Å². The molecular formula is C25H25N3O6S. The summed E-state index contributed by atoms with van der Waals surface area (Å²) in [4.78, 5) is 27.0. The summed E-state index contributed by atoms with van der Waals surface area (Å²) in [7, 11) is -4.44. The van der Waals surface area contributed by atoms with Crippen LogP contribution in [0, 0.1) is 5.92 Å². The minimum atomic E-state index is -4.44. The zero-order valence-electron chi connectivity index (χ0n) is 19.1. The lowest BCUT2D eigenvalue weighted by Gasteiger charge is -2.34. The van der Waals surface area contributed by atoms with Crippen LogP contribution in [-0.2, 0) is 14.8 Å². The van der Waals surface area contributed by atoms with Gasteiger partial charge in [-0.1, -0.05) is 68.5 Å². The number of sulfonamides is 1. The molecule has 0 aliphatic heterocycles. The Kier molecular flexibility index (Phi) is 6.60. The van der Waals surface area contributed by atoms with E-state index in [2.05, 4.69) is 15.0 Å². The van der Waals surface area contributed by atoms with Crippen molar-refractivity contribution in [3.05, 3.63) is 84.3 Å². The average molecular weight is 496 g/mol. The number of rotatable bonds is 8. The van der Waals surface area contributed by atoms with Crippen molar-refractivity contribution in [3.8, 4) is 0 Å². The highest BCUT2D eigenvalue weighted by Gasteiger charge is 2.46. The first-order valence-corrected chi connectivity index (χ1v) is 12.5. The normalized spacial score (nSPS) is 18.9. The van der Waals surface area contributed by atoms with Crippen molar-refractivity contribution in [1.82, 2.24) is 15.0 Å². The Morgan fingerprint density at radius 2 is 1.77 bits per heavy atom. The van der Waals surface area contributed by atoms with Gasteiger partial charge in [-0.25, -0.2) is 13.4 Å². The molecule has 2 aromatic carbocycles. The van der Waals surface area contributed by atoms with Gasteiger partial charge >= 0.3 is 11.9 Å². The second kappa shape index (κ2) is 9.47. The lowest BCUT2D eigenvalue weighted by molar-refractivity contribution is -0.140. The second-order valence-corrected chi connectivity index (χ2v) is 10.5. The molecule has 2 atom stereocenters. The van der Waals surface area contributed by atoms with Crippen LogP contribution in [0.2, 0.25) is 0 Å². The summed E-state index contributed by atoms with van der Waals surface area (Å²) >= 11 is 0. The number of aromatic nitrogens is 1. The van der Waals surface area contributed by atoms with E-state index < -0.39 is 38.7 Å². The monoisotopic (exact) mass is 495 g/mol. The van der Waals surface area contributed by atoms with E-state index in [0.29, 0.717) is 11.1 Å². The van der Waals surface area contributed by atoms with Gasteiger partial charge in [0, 0.05) is 6.42 Å². The van der Waals surface area contributed by atoms with Gasteiger partial charge in [0.05, 0.1) is 0 Å². The lowest BCUT2D eigenvalue weighted by atomic mass is 9.96. The Morgan fingerprint density at radius 3 is 2.37 bits per heavy atom. The van der Waals surface area contributed by atoms with Gasteiger partial charge in [0.15, 0.2) is 10.5 Å². The van der Waals surface area contributed by atoms with Crippen LogP contribution in [0.1, 0.15) is 36.5 Å². The molecule has 0 saturated heterocycles. The van der Waals surface area contributed by atoms with Crippen LogP contribution in [0.25, 0.3) is 16.7 Å². The predicted octanol–water partition coefficient (Wildman–Crippen LogP) is 3.33.